The molecule has 2 fully saturated rings. The first-order valence-electron chi connectivity index (χ1n) is 11.5. The van der Waals surface area contributed by atoms with Gasteiger partial charge in [-0.25, -0.2) is 0 Å². The van der Waals surface area contributed by atoms with E-state index in [-0.39, 0.29) is 18.5 Å². The van der Waals surface area contributed by atoms with Gasteiger partial charge in [-0.1, -0.05) is 18.2 Å². The molecule has 0 saturated carbocycles. The van der Waals surface area contributed by atoms with Crippen LogP contribution in [0.3, 0.4) is 0 Å². The van der Waals surface area contributed by atoms with Crippen LogP contribution in [-0.4, -0.2) is 69.1 Å². The van der Waals surface area contributed by atoms with Crippen molar-refractivity contribution >= 4 is 29.1 Å². The Labute approximate surface area is 199 Å². The minimum absolute atomic E-state index is 0.0629. The van der Waals surface area contributed by atoms with Crippen LogP contribution >= 0.6 is 0 Å². The highest BCUT2D eigenvalue weighted by Crippen LogP contribution is 2.26. The van der Waals surface area contributed by atoms with Crippen LogP contribution in [0.25, 0.3) is 0 Å². The van der Waals surface area contributed by atoms with Crippen molar-refractivity contribution in [1.82, 2.24) is 10.2 Å². The quantitative estimate of drug-likeness (QED) is 0.605. The Morgan fingerprint density at radius 1 is 1.06 bits per heavy atom. The zero-order chi connectivity index (χ0) is 23.9. The Morgan fingerprint density at radius 3 is 2.59 bits per heavy atom. The molecule has 1 unspecified atom stereocenters. The van der Waals surface area contributed by atoms with Gasteiger partial charge in [0.2, 0.25) is 5.91 Å². The Balaban J connectivity index is 1.40. The van der Waals surface area contributed by atoms with Gasteiger partial charge in [0.25, 0.3) is 0 Å². The van der Waals surface area contributed by atoms with Gasteiger partial charge in [-0.3, -0.25) is 19.3 Å². The highest BCUT2D eigenvalue weighted by Gasteiger charge is 2.25. The maximum absolute atomic E-state index is 12.6. The first-order valence-corrected chi connectivity index (χ1v) is 11.5. The first kappa shape index (κ1) is 23.7. The fourth-order valence-electron chi connectivity index (χ4n) is 4.33. The van der Waals surface area contributed by atoms with E-state index in [0.717, 1.165) is 30.8 Å². The Morgan fingerprint density at radius 2 is 1.85 bits per heavy atom. The van der Waals surface area contributed by atoms with Gasteiger partial charge in [0.05, 0.1) is 26.4 Å². The minimum Gasteiger partial charge on any atom is -0.497 e. The summed E-state index contributed by atoms with van der Waals surface area (Å²) >= 11 is 0. The van der Waals surface area contributed by atoms with Crippen molar-refractivity contribution < 1.29 is 23.9 Å². The molecule has 2 aliphatic heterocycles. The molecule has 3 amide bonds. The molecule has 9 heteroatoms. The highest BCUT2D eigenvalue weighted by atomic mass is 16.5. The van der Waals surface area contributed by atoms with E-state index in [1.807, 2.05) is 30.3 Å². The van der Waals surface area contributed by atoms with Gasteiger partial charge in [-0.15, -0.1) is 0 Å². The molecule has 2 aromatic rings. The molecule has 2 aliphatic rings. The largest absolute Gasteiger partial charge is 0.497 e. The maximum Gasteiger partial charge on any atom is 0.313 e. The van der Waals surface area contributed by atoms with E-state index in [1.54, 1.807) is 30.2 Å². The summed E-state index contributed by atoms with van der Waals surface area (Å²) in [5, 5.41) is 5.41. The molecule has 9 nitrogen and oxygen atoms in total. The maximum atomic E-state index is 12.6. The van der Waals surface area contributed by atoms with Crippen molar-refractivity contribution in [3.63, 3.8) is 0 Å². The summed E-state index contributed by atoms with van der Waals surface area (Å²) in [5.41, 5.74) is 2.17. The van der Waals surface area contributed by atoms with Gasteiger partial charge in [0, 0.05) is 44.0 Å². The van der Waals surface area contributed by atoms with Crippen molar-refractivity contribution in [1.29, 1.82) is 0 Å². The lowest BCUT2D eigenvalue weighted by Crippen LogP contribution is -2.45. The molecule has 2 saturated heterocycles. The smallest absolute Gasteiger partial charge is 0.313 e. The van der Waals surface area contributed by atoms with Crippen LogP contribution in [0.15, 0.2) is 48.5 Å². The third-order valence-electron chi connectivity index (χ3n) is 6.12. The zero-order valence-corrected chi connectivity index (χ0v) is 19.3. The van der Waals surface area contributed by atoms with Crippen LogP contribution in [0.1, 0.15) is 24.4 Å². The lowest BCUT2D eigenvalue weighted by Gasteiger charge is -2.35. The van der Waals surface area contributed by atoms with E-state index in [1.165, 1.54) is 0 Å². The zero-order valence-electron chi connectivity index (χ0n) is 19.3. The fraction of sp³-hybridized carbons (Fsp3) is 0.400. The van der Waals surface area contributed by atoms with E-state index in [9.17, 15) is 14.4 Å². The van der Waals surface area contributed by atoms with E-state index in [0.29, 0.717) is 37.6 Å². The van der Waals surface area contributed by atoms with Crippen molar-refractivity contribution in [3.05, 3.63) is 54.1 Å². The van der Waals surface area contributed by atoms with Crippen LogP contribution < -0.4 is 20.3 Å². The van der Waals surface area contributed by atoms with Gasteiger partial charge in [0.1, 0.15) is 5.75 Å². The van der Waals surface area contributed by atoms with Crippen LogP contribution in [0.2, 0.25) is 0 Å². The summed E-state index contributed by atoms with van der Waals surface area (Å²) in [7, 11) is 1.61. The third kappa shape index (κ3) is 5.73. The number of hydrogen-bond donors (Lipinski definition) is 2. The normalized spacial score (nSPS) is 17.3. The summed E-state index contributed by atoms with van der Waals surface area (Å²) in [4.78, 5) is 41.1. The van der Waals surface area contributed by atoms with Crippen LogP contribution in [0.4, 0.5) is 11.4 Å². The number of ether oxygens (including phenoxy) is 2. The van der Waals surface area contributed by atoms with Gasteiger partial charge >= 0.3 is 11.8 Å². The van der Waals surface area contributed by atoms with E-state index >= 15 is 0 Å². The van der Waals surface area contributed by atoms with E-state index in [4.69, 9.17) is 9.47 Å². The SMILES string of the molecule is COc1cccc(C(CNC(=O)C(=O)Nc2cccc(N3CCCC3=O)c2)N2CCOCC2)c1. The summed E-state index contributed by atoms with van der Waals surface area (Å²) in [6.45, 7) is 3.61. The number of carbonyl (C=O) groups excluding carboxylic acids is 3. The molecule has 34 heavy (non-hydrogen) atoms. The lowest BCUT2D eigenvalue weighted by atomic mass is 10.0. The number of carbonyl (C=O) groups is 3. The summed E-state index contributed by atoms with van der Waals surface area (Å²) < 4.78 is 10.8. The number of rotatable bonds is 7. The summed E-state index contributed by atoms with van der Waals surface area (Å²) in [6, 6.07) is 14.6. The number of hydrogen-bond acceptors (Lipinski definition) is 6. The summed E-state index contributed by atoms with van der Waals surface area (Å²) in [5.74, 6) is -0.677. The second-order valence-corrected chi connectivity index (χ2v) is 8.30. The van der Waals surface area contributed by atoms with Crippen molar-refractivity contribution in [2.24, 2.45) is 0 Å². The van der Waals surface area contributed by atoms with Crippen molar-refractivity contribution in [3.8, 4) is 5.75 Å². The van der Waals surface area contributed by atoms with Gasteiger partial charge in [0.15, 0.2) is 0 Å². The third-order valence-corrected chi connectivity index (χ3v) is 6.12. The average Bonchev–Trinajstić information content (AvgIpc) is 3.31. The molecule has 2 aromatic carbocycles. The molecule has 4 rings (SSSR count). The number of nitrogens with zero attached hydrogens (tertiary/aromatic N) is 2. The number of nitrogens with one attached hydrogen (secondary N) is 2. The molecule has 1 atom stereocenters. The topological polar surface area (TPSA) is 100 Å². The van der Waals surface area contributed by atoms with Gasteiger partial charge in [-0.05, 0) is 42.3 Å². The molecule has 2 N–H and O–H groups in total. The Kier molecular flexibility index (Phi) is 7.76. The molecule has 2 heterocycles. The molecule has 0 aromatic heterocycles. The van der Waals surface area contributed by atoms with Crippen LogP contribution in [0.5, 0.6) is 5.75 Å². The standard InChI is InChI=1S/C25H30N4O5/c1-33-21-8-2-5-18(15-21)22(28-11-13-34-14-12-28)17-26-24(31)25(32)27-19-6-3-7-20(16-19)29-10-4-9-23(29)30/h2-3,5-8,15-16,22H,4,9-14,17H2,1H3,(H,26,31)(H,27,32). The molecular weight excluding hydrogens is 436 g/mol. The van der Waals surface area contributed by atoms with Crippen LogP contribution in [-0.2, 0) is 19.1 Å². The lowest BCUT2D eigenvalue weighted by molar-refractivity contribution is -0.136. The van der Waals surface area contributed by atoms with E-state index < -0.39 is 11.8 Å². The predicted octanol–water partition coefficient (Wildman–Crippen LogP) is 1.95. The first-order chi connectivity index (χ1) is 16.5. The number of benzene rings is 2. The van der Waals surface area contributed by atoms with Crippen molar-refractivity contribution in [2.45, 2.75) is 18.9 Å². The molecule has 180 valence electrons. The predicted molar refractivity (Wildman–Crippen MR) is 128 cm³/mol. The van der Waals surface area contributed by atoms with Gasteiger partial charge < -0.3 is 25.0 Å². The second-order valence-electron chi connectivity index (χ2n) is 8.30. The minimum atomic E-state index is -0.753. The number of amides is 3. The van der Waals surface area contributed by atoms with Crippen LogP contribution in [0, 0.1) is 0 Å². The van der Waals surface area contributed by atoms with Gasteiger partial charge in [-0.2, -0.15) is 0 Å². The Hall–Kier alpha value is -3.43. The molecule has 0 aliphatic carbocycles. The molecule has 0 bridgehead atoms. The molecule has 0 radical (unpaired) electrons. The average molecular weight is 467 g/mol. The highest BCUT2D eigenvalue weighted by molar-refractivity contribution is 6.39. The Bertz CT molecular complexity index is 1040. The number of methoxy groups -OCH3 is 1. The number of anilines is 2. The fourth-order valence-corrected chi connectivity index (χ4v) is 4.33. The molecule has 0 spiro atoms. The monoisotopic (exact) mass is 466 g/mol. The molecular formula is C25H30N4O5. The second kappa shape index (κ2) is 11.1. The summed E-state index contributed by atoms with van der Waals surface area (Å²) in [6.07, 6.45) is 1.34. The van der Waals surface area contributed by atoms with E-state index in [2.05, 4.69) is 15.5 Å². The van der Waals surface area contributed by atoms with Crippen molar-refractivity contribution in [2.75, 3.05) is 56.7 Å². The number of morpholine rings is 1.